The van der Waals surface area contributed by atoms with Crippen LogP contribution in [0.4, 0.5) is 35.1 Å². The number of likely N-dealkylation sites (tertiary alicyclic amines) is 2. The first-order valence-electron chi connectivity index (χ1n) is 13.3. The first-order chi connectivity index (χ1) is 18.8. The predicted molar refractivity (Wildman–Crippen MR) is 132 cm³/mol. The fourth-order valence-electron chi connectivity index (χ4n) is 5.96. The van der Waals surface area contributed by atoms with Crippen molar-refractivity contribution in [2.45, 2.75) is 63.0 Å². The van der Waals surface area contributed by atoms with Gasteiger partial charge < -0.3 is 10.2 Å². The number of likely N-dealkylation sites (N-methyl/N-ethyl adjacent to an activating group) is 1. The second-order valence-corrected chi connectivity index (χ2v) is 10.3. The zero-order valence-electron chi connectivity index (χ0n) is 21.9. The molecule has 1 N–H and O–H groups in total. The summed E-state index contributed by atoms with van der Waals surface area (Å²) in [6, 6.07) is 3.55. The molecule has 2 aromatic rings. The van der Waals surface area contributed by atoms with E-state index in [1.54, 1.807) is 6.92 Å². The van der Waals surface area contributed by atoms with Crippen molar-refractivity contribution < 1.29 is 39.9 Å². The van der Waals surface area contributed by atoms with E-state index < -0.39 is 52.1 Å². The summed E-state index contributed by atoms with van der Waals surface area (Å²) in [7, 11) is 0. The van der Waals surface area contributed by atoms with Crippen molar-refractivity contribution in [2.75, 3.05) is 32.7 Å². The molecular formula is C28H31F8N3O. The standard InChI is InChI=1S/C28H31F8N3O/c1-2-37-25(40)26(18-6-7-23(29)24(30)17-18,39-12-8-22(9-13-39)38-10-4-3-5-11-38)19-14-20(27(31,32)33)16-21(15-19)28(34,35)36/h6-7,14-17,22H,2-5,8-13H2,1H3,(H,37,40). The van der Waals surface area contributed by atoms with E-state index in [1.807, 2.05) is 0 Å². The summed E-state index contributed by atoms with van der Waals surface area (Å²) in [6.45, 7) is 3.59. The molecule has 2 aromatic carbocycles. The fraction of sp³-hybridized carbons (Fsp3) is 0.536. The van der Waals surface area contributed by atoms with E-state index >= 15 is 0 Å². The third-order valence-corrected chi connectivity index (χ3v) is 7.85. The van der Waals surface area contributed by atoms with Crippen molar-refractivity contribution in [1.82, 2.24) is 15.1 Å². The highest BCUT2D eigenvalue weighted by atomic mass is 19.4. The Labute approximate surface area is 227 Å². The molecule has 1 atom stereocenters. The van der Waals surface area contributed by atoms with Gasteiger partial charge in [-0.3, -0.25) is 9.69 Å². The number of benzene rings is 2. The van der Waals surface area contributed by atoms with Crippen LogP contribution in [0.3, 0.4) is 0 Å². The number of rotatable bonds is 6. The minimum atomic E-state index is -5.17. The molecule has 4 rings (SSSR count). The van der Waals surface area contributed by atoms with Crippen LogP contribution in [-0.4, -0.2) is 54.5 Å². The van der Waals surface area contributed by atoms with Gasteiger partial charge in [-0.05, 0) is 87.2 Å². The Hall–Kier alpha value is -2.73. The smallest absolute Gasteiger partial charge is 0.354 e. The van der Waals surface area contributed by atoms with Crippen LogP contribution in [0.5, 0.6) is 0 Å². The summed E-state index contributed by atoms with van der Waals surface area (Å²) in [5.41, 5.74) is -6.38. The molecule has 2 aliphatic heterocycles. The van der Waals surface area contributed by atoms with Crippen LogP contribution < -0.4 is 5.32 Å². The summed E-state index contributed by atoms with van der Waals surface area (Å²) < 4.78 is 112. The molecule has 0 radical (unpaired) electrons. The molecule has 2 saturated heterocycles. The van der Waals surface area contributed by atoms with Gasteiger partial charge in [0.1, 0.15) is 0 Å². The van der Waals surface area contributed by atoms with Gasteiger partial charge in [0, 0.05) is 25.7 Å². The zero-order chi connectivity index (χ0) is 29.3. The van der Waals surface area contributed by atoms with Gasteiger partial charge in [-0.2, -0.15) is 26.3 Å². The van der Waals surface area contributed by atoms with E-state index in [4.69, 9.17) is 0 Å². The second kappa shape index (κ2) is 11.6. The van der Waals surface area contributed by atoms with Crippen molar-refractivity contribution in [3.8, 4) is 0 Å². The number of piperidine rings is 2. The molecular weight excluding hydrogens is 546 g/mol. The van der Waals surface area contributed by atoms with Crippen LogP contribution in [0, 0.1) is 11.6 Å². The molecule has 12 heteroatoms. The first-order valence-corrected chi connectivity index (χ1v) is 13.3. The molecule has 0 aliphatic carbocycles. The van der Waals surface area contributed by atoms with Crippen LogP contribution >= 0.6 is 0 Å². The number of carbonyl (C=O) groups excluding carboxylic acids is 1. The van der Waals surface area contributed by atoms with Crippen LogP contribution in [0.15, 0.2) is 36.4 Å². The Bertz CT molecular complexity index is 1170. The average molecular weight is 578 g/mol. The van der Waals surface area contributed by atoms with E-state index in [0.717, 1.165) is 44.5 Å². The average Bonchev–Trinajstić information content (AvgIpc) is 2.91. The fourth-order valence-corrected chi connectivity index (χ4v) is 5.96. The summed E-state index contributed by atoms with van der Waals surface area (Å²) >= 11 is 0. The van der Waals surface area contributed by atoms with E-state index in [1.165, 1.54) is 4.90 Å². The van der Waals surface area contributed by atoms with Gasteiger partial charge in [-0.25, -0.2) is 8.78 Å². The van der Waals surface area contributed by atoms with E-state index in [2.05, 4.69) is 10.2 Å². The van der Waals surface area contributed by atoms with Crippen molar-refractivity contribution in [1.29, 1.82) is 0 Å². The molecule has 1 unspecified atom stereocenters. The maximum Gasteiger partial charge on any atom is 0.416 e. The molecule has 2 heterocycles. The summed E-state index contributed by atoms with van der Waals surface area (Å²) in [5.74, 6) is -3.57. The van der Waals surface area contributed by atoms with Crippen molar-refractivity contribution in [3.63, 3.8) is 0 Å². The number of hydrogen-bond acceptors (Lipinski definition) is 3. The second-order valence-electron chi connectivity index (χ2n) is 10.3. The van der Waals surface area contributed by atoms with Crippen LogP contribution in [0.25, 0.3) is 0 Å². The van der Waals surface area contributed by atoms with Gasteiger partial charge in [0.05, 0.1) is 11.1 Å². The largest absolute Gasteiger partial charge is 0.416 e. The number of alkyl halides is 6. The lowest BCUT2D eigenvalue weighted by molar-refractivity contribution is -0.144. The monoisotopic (exact) mass is 577 g/mol. The summed E-state index contributed by atoms with van der Waals surface area (Å²) in [6.07, 6.45) is -6.17. The lowest BCUT2D eigenvalue weighted by atomic mass is 9.77. The highest BCUT2D eigenvalue weighted by molar-refractivity contribution is 5.92. The van der Waals surface area contributed by atoms with Crippen LogP contribution in [-0.2, 0) is 22.7 Å². The maximum absolute atomic E-state index is 14.6. The molecule has 4 nitrogen and oxygen atoms in total. The minimum Gasteiger partial charge on any atom is -0.354 e. The molecule has 0 spiro atoms. The van der Waals surface area contributed by atoms with Crippen molar-refractivity contribution in [2.24, 2.45) is 0 Å². The van der Waals surface area contributed by atoms with Gasteiger partial charge in [-0.1, -0.05) is 12.5 Å². The minimum absolute atomic E-state index is 0.000404. The molecule has 0 aromatic heterocycles. The highest BCUT2D eigenvalue weighted by Crippen LogP contribution is 2.44. The summed E-state index contributed by atoms with van der Waals surface area (Å²) in [5, 5.41) is 2.54. The first kappa shape index (κ1) is 30.2. The van der Waals surface area contributed by atoms with E-state index in [0.29, 0.717) is 31.0 Å². The highest BCUT2D eigenvalue weighted by Gasteiger charge is 2.51. The number of hydrogen-bond donors (Lipinski definition) is 1. The van der Waals surface area contributed by atoms with Gasteiger partial charge >= 0.3 is 12.4 Å². The SMILES string of the molecule is CCNC(=O)C(c1cc(C(F)(F)F)cc(C(F)(F)F)c1)(c1ccc(F)c(F)c1)N1CCC(N2CCCCC2)CC1. The maximum atomic E-state index is 14.6. The van der Waals surface area contributed by atoms with Crippen molar-refractivity contribution >= 4 is 5.91 Å². The van der Waals surface area contributed by atoms with Gasteiger partial charge in [0.15, 0.2) is 17.2 Å². The molecule has 0 saturated carbocycles. The van der Waals surface area contributed by atoms with Crippen LogP contribution in [0.2, 0.25) is 0 Å². The quantitative estimate of drug-likeness (QED) is 0.408. The topological polar surface area (TPSA) is 35.6 Å². The number of halogens is 8. The Morgan fingerprint density at radius 2 is 1.32 bits per heavy atom. The Morgan fingerprint density at radius 1 is 0.775 bits per heavy atom. The Kier molecular flexibility index (Phi) is 8.79. The molecule has 2 fully saturated rings. The number of carbonyl (C=O) groups is 1. The van der Waals surface area contributed by atoms with Gasteiger partial charge in [0.2, 0.25) is 5.91 Å². The molecule has 220 valence electrons. The van der Waals surface area contributed by atoms with E-state index in [9.17, 15) is 39.9 Å². The number of amides is 1. The van der Waals surface area contributed by atoms with E-state index in [-0.39, 0.29) is 37.3 Å². The van der Waals surface area contributed by atoms with Gasteiger partial charge in [0.25, 0.3) is 0 Å². The third-order valence-electron chi connectivity index (χ3n) is 7.85. The van der Waals surface area contributed by atoms with Crippen molar-refractivity contribution in [3.05, 3.63) is 70.3 Å². The molecule has 1 amide bonds. The molecule has 0 bridgehead atoms. The molecule has 40 heavy (non-hydrogen) atoms. The lowest BCUT2D eigenvalue weighted by Crippen LogP contribution is -2.60. The normalized spacial score (nSPS) is 19.8. The third kappa shape index (κ3) is 5.97. The summed E-state index contributed by atoms with van der Waals surface area (Å²) in [4.78, 5) is 17.7. The van der Waals surface area contributed by atoms with Crippen LogP contribution in [0.1, 0.15) is 61.3 Å². The Morgan fingerprint density at radius 3 is 1.82 bits per heavy atom. The predicted octanol–water partition coefficient (Wildman–Crippen LogP) is 6.33. The number of nitrogens with one attached hydrogen (secondary N) is 1. The zero-order valence-corrected chi connectivity index (χ0v) is 21.9. The molecule has 2 aliphatic rings. The number of nitrogens with zero attached hydrogens (tertiary/aromatic N) is 2. The van der Waals surface area contributed by atoms with Gasteiger partial charge in [-0.15, -0.1) is 0 Å². The lowest BCUT2D eigenvalue weighted by Gasteiger charge is -2.48. The Balaban J connectivity index is 1.93.